The predicted molar refractivity (Wildman–Crippen MR) is 71.2 cm³/mol. The van der Waals surface area contributed by atoms with Crippen LogP contribution >= 0.6 is 0 Å². The van der Waals surface area contributed by atoms with Gasteiger partial charge in [0.05, 0.1) is 6.10 Å². The molecule has 0 bridgehead atoms. The largest absolute Gasteiger partial charge is 0.391 e. The third-order valence-corrected chi connectivity index (χ3v) is 4.06. The number of likely N-dealkylation sites (tertiary alicyclic amines) is 1. The third-order valence-electron chi connectivity index (χ3n) is 4.06. The predicted octanol–water partition coefficient (Wildman–Crippen LogP) is 2.43. The van der Waals surface area contributed by atoms with Gasteiger partial charge in [0, 0.05) is 19.3 Å². The zero-order valence-electron chi connectivity index (χ0n) is 11.7. The first-order valence-corrected chi connectivity index (χ1v) is 7.01. The van der Waals surface area contributed by atoms with Crippen molar-refractivity contribution in [3.63, 3.8) is 0 Å². The van der Waals surface area contributed by atoms with Gasteiger partial charge < -0.3 is 9.84 Å². The molecule has 0 aliphatic carbocycles. The van der Waals surface area contributed by atoms with E-state index in [0.717, 1.165) is 32.5 Å². The Kier molecular flexibility index (Phi) is 6.45. The van der Waals surface area contributed by atoms with E-state index in [-0.39, 0.29) is 11.6 Å². The van der Waals surface area contributed by atoms with E-state index in [0.29, 0.717) is 0 Å². The first-order valence-electron chi connectivity index (χ1n) is 7.01. The minimum absolute atomic E-state index is 0.0991. The zero-order valence-corrected chi connectivity index (χ0v) is 11.7. The topological polar surface area (TPSA) is 32.7 Å². The highest BCUT2D eigenvalue weighted by Crippen LogP contribution is 2.25. The van der Waals surface area contributed by atoms with Crippen molar-refractivity contribution in [2.24, 2.45) is 0 Å². The van der Waals surface area contributed by atoms with Crippen molar-refractivity contribution in [2.45, 2.75) is 64.0 Å². The Balaban J connectivity index is 2.45. The Labute approximate surface area is 106 Å². The number of ether oxygens (including phenoxy) is 1. The number of aliphatic hydroxyl groups is 1. The summed E-state index contributed by atoms with van der Waals surface area (Å²) in [4.78, 5) is 2.47. The van der Waals surface area contributed by atoms with Gasteiger partial charge in [-0.25, -0.2) is 0 Å². The van der Waals surface area contributed by atoms with Crippen LogP contribution in [0.5, 0.6) is 0 Å². The lowest BCUT2D eigenvalue weighted by Gasteiger charge is -2.41. The minimum atomic E-state index is -0.254. The molecule has 1 heterocycles. The molecule has 0 radical (unpaired) electrons. The van der Waals surface area contributed by atoms with Gasteiger partial charge in [0.15, 0.2) is 0 Å². The molecule has 3 heteroatoms. The number of methoxy groups -OCH3 is 1. The fourth-order valence-electron chi connectivity index (χ4n) is 2.63. The Hall–Kier alpha value is -0.120. The first kappa shape index (κ1) is 14.9. The van der Waals surface area contributed by atoms with Crippen LogP contribution in [0.4, 0.5) is 0 Å². The van der Waals surface area contributed by atoms with Crippen LogP contribution in [0, 0.1) is 0 Å². The molecular formula is C14H29NO2. The van der Waals surface area contributed by atoms with Gasteiger partial charge in [-0.05, 0) is 52.6 Å². The van der Waals surface area contributed by atoms with Gasteiger partial charge in [-0.3, -0.25) is 4.90 Å². The summed E-state index contributed by atoms with van der Waals surface area (Å²) in [5, 5.41) is 10.4. The monoisotopic (exact) mass is 243 g/mol. The standard InChI is InChI=1S/C14H29NO2/c1-14(2,13(16)9-8-12-17-3)15-10-6-4-5-7-11-15/h13,16H,4-12H2,1-3H3. The molecule has 1 rings (SSSR count). The molecule has 1 fully saturated rings. The van der Waals surface area contributed by atoms with Gasteiger partial charge in [-0.1, -0.05) is 12.8 Å². The van der Waals surface area contributed by atoms with Crippen molar-refractivity contribution < 1.29 is 9.84 Å². The Bertz CT molecular complexity index is 198. The van der Waals surface area contributed by atoms with Crippen LogP contribution in [0.3, 0.4) is 0 Å². The molecule has 1 unspecified atom stereocenters. The summed E-state index contributed by atoms with van der Waals surface area (Å²) < 4.78 is 5.05. The second-order valence-corrected chi connectivity index (χ2v) is 5.71. The number of hydrogen-bond acceptors (Lipinski definition) is 3. The Morgan fingerprint density at radius 3 is 2.29 bits per heavy atom. The summed E-state index contributed by atoms with van der Waals surface area (Å²) in [5.41, 5.74) is -0.0991. The Morgan fingerprint density at radius 2 is 1.76 bits per heavy atom. The van der Waals surface area contributed by atoms with Gasteiger partial charge >= 0.3 is 0 Å². The normalized spacial score (nSPS) is 21.2. The lowest BCUT2D eigenvalue weighted by atomic mass is 9.91. The second kappa shape index (κ2) is 7.34. The van der Waals surface area contributed by atoms with E-state index in [9.17, 15) is 5.11 Å². The summed E-state index contributed by atoms with van der Waals surface area (Å²) in [6.45, 7) is 7.36. The third kappa shape index (κ3) is 4.57. The van der Waals surface area contributed by atoms with Crippen LogP contribution in [0.2, 0.25) is 0 Å². The van der Waals surface area contributed by atoms with E-state index in [4.69, 9.17) is 4.74 Å². The molecule has 0 aromatic carbocycles. The van der Waals surface area contributed by atoms with Gasteiger partial charge in [-0.15, -0.1) is 0 Å². The molecule has 1 aliphatic rings. The number of nitrogens with zero attached hydrogens (tertiary/aromatic N) is 1. The van der Waals surface area contributed by atoms with Crippen molar-refractivity contribution in [1.29, 1.82) is 0 Å². The molecule has 17 heavy (non-hydrogen) atoms. The van der Waals surface area contributed by atoms with Gasteiger partial charge in [0.1, 0.15) is 0 Å². The summed E-state index contributed by atoms with van der Waals surface area (Å²) in [7, 11) is 1.71. The van der Waals surface area contributed by atoms with Crippen LogP contribution in [-0.2, 0) is 4.74 Å². The maximum absolute atomic E-state index is 10.4. The second-order valence-electron chi connectivity index (χ2n) is 5.71. The maximum atomic E-state index is 10.4. The number of aliphatic hydroxyl groups excluding tert-OH is 1. The highest BCUT2D eigenvalue weighted by atomic mass is 16.5. The van der Waals surface area contributed by atoms with Gasteiger partial charge in [-0.2, -0.15) is 0 Å². The number of rotatable bonds is 6. The van der Waals surface area contributed by atoms with Crippen molar-refractivity contribution in [2.75, 3.05) is 26.8 Å². The Morgan fingerprint density at radius 1 is 1.18 bits per heavy atom. The minimum Gasteiger partial charge on any atom is -0.391 e. The smallest absolute Gasteiger partial charge is 0.0719 e. The molecule has 1 saturated heterocycles. The quantitative estimate of drug-likeness (QED) is 0.727. The fraction of sp³-hybridized carbons (Fsp3) is 1.00. The van der Waals surface area contributed by atoms with Crippen molar-refractivity contribution in [3.8, 4) is 0 Å². The summed E-state index contributed by atoms with van der Waals surface area (Å²) in [6, 6.07) is 0. The molecular weight excluding hydrogens is 214 g/mol. The molecule has 102 valence electrons. The molecule has 1 N–H and O–H groups in total. The van der Waals surface area contributed by atoms with E-state index in [2.05, 4.69) is 18.7 Å². The van der Waals surface area contributed by atoms with E-state index in [1.54, 1.807) is 7.11 Å². The van der Waals surface area contributed by atoms with Crippen LogP contribution in [0.15, 0.2) is 0 Å². The zero-order chi connectivity index (χ0) is 12.7. The molecule has 3 nitrogen and oxygen atoms in total. The van der Waals surface area contributed by atoms with Crippen molar-refractivity contribution in [3.05, 3.63) is 0 Å². The molecule has 0 amide bonds. The van der Waals surface area contributed by atoms with Gasteiger partial charge in [0.25, 0.3) is 0 Å². The van der Waals surface area contributed by atoms with Crippen LogP contribution in [0.25, 0.3) is 0 Å². The summed E-state index contributed by atoms with van der Waals surface area (Å²) >= 11 is 0. The average molecular weight is 243 g/mol. The molecule has 1 atom stereocenters. The summed E-state index contributed by atoms with van der Waals surface area (Å²) in [5.74, 6) is 0. The average Bonchev–Trinajstić information content (AvgIpc) is 2.58. The lowest BCUT2D eigenvalue weighted by molar-refractivity contribution is -0.0163. The van der Waals surface area contributed by atoms with Gasteiger partial charge in [0.2, 0.25) is 0 Å². The fourth-order valence-corrected chi connectivity index (χ4v) is 2.63. The molecule has 0 aromatic heterocycles. The van der Waals surface area contributed by atoms with Crippen molar-refractivity contribution >= 4 is 0 Å². The molecule has 0 saturated carbocycles. The van der Waals surface area contributed by atoms with Crippen LogP contribution < -0.4 is 0 Å². The van der Waals surface area contributed by atoms with E-state index >= 15 is 0 Å². The highest BCUT2D eigenvalue weighted by Gasteiger charge is 2.33. The first-order chi connectivity index (χ1) is 8.09. The molecule has 0 spiro atoms. The van der Waals surface area contributed by atoms with Crippen LogP contribution in [-0.4, -0.2) is 48.5 Å². The van der Waals surface area contributed by atoms with Crippen LogP contribution in [0.1, 0.15) is 52.4 Å². The SMILES string of the molecule is COCCCC(O)C(C)(C)N1CCCCCC1. The maximum Gasteiger partial charge on any atom is 0.0719 e. The number of hydrogen-bond donors (Lipinski definition) is 1. The molecule has 0 aromatic rings. The van der Waals surface area contributed by atoms with E-state index in [1.165, 1.54) is 25.7 Å². The highest BCUT2D eigenvalue weighted by molar-refractivity contribution is 4.89. The lowest BCUT2D eigenvalue weighted by Crippen LogP contribution is -2.52. The van der Waals surface area contributed by atoms with E-state index < -0.39 is 0 Å². The summed E-state index contributed by atoms with van der Waals surface area (Å²) in [6.07, 6.45) is 6.74. The van der Waals surface area contributed by atoms with Crippen molar-refractivity contribution in [1.82, 2.24) is 4.90 Å². The van der Waals surface area contributed by atoms with E-state index in [1.807, 2.05) is 0 Å². The molecule has 1 aliphatic heterocycles.